The van der Waals surface area contributed by atoms with Gasteiger partial charge in [-0.25, -0.2) is 4.79 Å². The number of nitrogens with one attached hydrogen (secondary N) is 2. The predicted octanol–water partition coefficient (Wildman–Crippen LogP) is 6.01. The molecular weight excluding hydrogens is 520 g/mol. The largest absolute Gasteiger partial charge is 0.459 e. The Morgan fingerprint density at radius 2 is 1.65 bits per heavy atom. The molecule has 3 N–H and O–H groups in total. The first kappa shape index (κ1) is 24.4. The van der Waals surface area contributed by atoms with Crippen LogP contribution >= 0.6 is 34.8 Å². The highest BCUT2D eigenvalue weighted by molar-refractivity contribution is 6.36. The molecule has 0 aliphatic carbocycles. The summed E-state index contributed by atoms with van der Waals surface area (Å²) < 4.78 is 47.7. The molecule has 4 rings (SSSR count). The van der Waals surface area contributed by atoms with Crippen molar-refractivity contribution in [1.29, 1.82) is 0 Å². The smallest absolute Gasteiger partial charge is 0.437 e. The van der Waals surface area contributed by atoms with E-state index in [4.69, 9.17) is 39.2 Å². The van der Waals surface area contributed by atoms with Gasteiger partial charge in [-0.05, 0) is 54.6 Å². The van der Waals surface area contributed by atoms with Crippen LogP contribution < -0.4 is 10.6 Å². The van der Waals surface area contributed by atoms with Crippen molar-refractivity contribution in [2.75, 3.05) is 0 Å². The molecule has 1 fully saturated rings. The molecule has 3 atom stereocenters. The molecule has 0 radical (unpaired) electrons. The van der Waals surface area contributed by atoms with E-state index in [1.807, 2.05) is 0 Å². The van der Waals surface area contributed by atoms with Crippen molar-refractivity contribution in [3.8, 4) is 11.3 Å². The van der Waals surface area contributed by atoms with Gasteiger partial charge in [-0.3, -0.25) is 4.79 Å². The molecule has 0 bridgehead atoms. The summed E-state index contributed by atoms with van der Waals surface area (Å²) in [4.78, 5) is 25.4. The van der Waals surface area contributed by atoms with Crippen LogP contribution in [0.15, 0.2) is 59.0 Å². The molecule has 2 amide bonds. The third-order valence-electron chi connectivity index (χ3n) is 5.35. The van der Waals surface area contributed by atoms with E-state index in [0.717, 1.165) is 0 Å². The zero-order valence-electron chi connectivity index (χ0n) is 16.8. The average Bonchev–Trinajstić information content (AvgIpc) is 3.22. The number of amides is 2. The standard InChI is InChI=1S/C22H14Cl3F3N2O4/c23-11-3-1-10(2-4-11)19(31)17-18(29-20(32)30-21(17,33)22(26,27)28)16-8-7-15(34-16)13-6-5-12(24)9-14(13)25/h1-9,17-18,33H,(H2,29,30,32)/t17-,18-,21-/m0/s1. The molecule has 1 aromatic heterocycles. The fourth-order valence-corrected chi connectivity index (χ4v) is 4.35. The van der Waals surface area contributed by atoms with Gasteiger partial charge in [0.1, 0.15) is 23.5 Å². The van der Waals surface area contributed by atoms with E-state index >= 15 is 0 Å². The number of carbonyl (C=O) groups is 2. The molecule has 1 aliphatic rings. The molecule has 0 unspecified atom stereocenters. The van der Waals surface area contributed by atoms with Crippen molar-refractivity contribution < 1.29 is 32.3 Å². The Bertz CT molecular complexity index is 1260. The molecule has 0 saturated carbocycles. The van der Waals surface area contributed by atoms with Crippen molar-refractivity contribution in [2.24, 2.45) is 5.92 Å². The van der Waals surface area contributed by atoms with Gasteiger partial charge in [-0.1, -0.05) is 34.8 Å². The maximum Gasteiger partial charge on any atom is 0.437 e. The predicted molar refractivity (Wildman–Crippen MR) is 119 cm³/mol. The van der Waals surface area contributed by atoms with Gasteiger partial charge in [0.2, 0.25) is 5.72 Å². The zero-order valence-corrected chi connectivity index (χ0v) is 19.1. The van der Waals surface area contributed by atoms with Gasteiger partial charge in [-0.15, -0.1) is 0 Å². The monoisotopic (exact) mass is 532 g/mol. The molecular formula is C22H14Cl3F3N2O4. The number of carbonyl (C=O) groups excluding carboxylic acids is 2. The number of halogens is 6. The maximum atomic E-state index is 14.0. The Hall–Kier alpha value is -2.72. The lowest BCUT2D eigenvalue weighted by molar-refractivity contribution is -0.288. The van der Waals surface area contributed by atoms with E-state index in [-0.39, 0.29) is 27.1 Å². The molecule has 34 heavy (non-hydrogen) atoms. The first-order valence-electron chi connectivity index (χ1n) is 9.63. The van der Waals surface area contributed by atoms with Crippen LogP contribution in [-0.2, 0) is 0 Å². The first-order valence-corrected chi connectivity index (χ1v) is 10.8. The van der Waals surface area contributed by atoms with E-state index in [1.165, 1.54) is 59.9 Å². The normalized spacial score (nSPS) is 22.7. The first-order chi connectivity index (χ1) is 15.9. The van der Waals surface area contributed by atoms with Crippen LogP contribution in [0.1, 0.15) is 22.2 Å². The van der Waals surface area contributed by atoms with Gasteiger partial charge in [0, 0.05) is 21.2 Å². The highest BCUT2D eigenvalue weighted by Crippen LogP contribution is 2.45. The quantitative estimate of drug-likeness (QED) is 0.358. The molecule has 2 heterocycles. The van der Waals surface area contributed by atoms with Crippen LogP contribution in [0, 0.1) is 5.92 Å². The molecule has 12 heteroatoms. The summed E-state index contributed by atoms with van der Waals surface area (Å²) in [6, 6.07) is 9.27. The second-order valence-electron chi connectivity index (χ2n) is 7.52. The number of aliphatic hydroxyl groups is 1. The summed E-state index contributed by atoms with van der Waals surface area (Å²) in [7, 11) is 0. The number of rotatable bonds is 4. The summed E-state index contributed by atoms with van der Waals surface area (Å²) in [6.45, 7) is 0. The molecule has 1 saturated heterocycles. The van der Waals surface area contributed by atoms with Crippen LogP contribution in [0.3, 0.4) is 0 Å². The van der Waals surface area contributed by atoms with E-state index in [0.29, 0.717) is 10.6 Å². The lowest BCUT2D eigenvalue weighted by Crippen LogP contribution is -2.72. The highest BCUT2D eigenvalue weighted by atomic mass is 35.5. The summed E-state index contributed by atoms with van der Waals surface area (Å²) in [6.07, 6.45) is -5.40. The summed E-state index contributed by atoms with van der Waals surface area (Å²) in [5.74, 6) is -3.40. The number of urea groups is 1. The molecule has 178 valence electrons. The Kier molecular flexibility index (Phi) is 6.32. The summed E-state index contributed by atoms with van der Waals surface area (Å²) in [5.41, 5.74) is -3.67. The van der Waals surface area contributed by atoms with E-state index in [2.05, 4.69) is 5.32 Å². The molecule has 6 nitrogen and oxygen atoms in total. The fraction of sp³-hybridized carbons (Fsp3) is 0.182. The Morgan fingerprint density at radius 1 is 1.00 bits per heavy atom. The number of ketones is 1. The van der Waals surface area contributed by atoms with E-state index < -0.39 is 35.7 Å². The number of hydrogen-bond acceptors (Lipinski definition) is 4. The molecule has 0 spiro atoms. The Balaban J connectivity index is 1.82. The summed E-state index contributed by atoms with van der Waals surface area (Å²) >= 11 is 17.9. The fourth-order valence-electron chi connectivity index (χ4n) is 3.72. The lowest BCUT2D eigenvalue weighted by Gasteiger charge is -2.44. The SMILES string of the molecule is O=C1N[C@@H](c2ccc(-c3ccc(Cl)cc3Cl)o2)[C@@H](C(=O)c2ccc(Cl)cc2)[C@](O)(C(F)(F)F)N1. The highest BCUT2D eigenvalue weighted by Gasteiger charge is 2.66. The number of benzene rings is 2. The molecule has 1 aliphatic heterocycles. The van der Waals surface area contributed by atoms with Crippen molar-refractivity contribution in [2.45, 2.75) is 17.9 Å². The number of hydrogen-bond donors (Lipinski definition) is 3. The topological polar surface area (TPSA) is 91.6 Å². The maximum absolute atomic E-state index is 14.0. The zero-order chi connectivity index (χ0) is 24.8. The van der Waals surface area contributed by atoms with E-state index in [9.17, 15) is 27.9 Å². The van der Waals surface area contributed by atoms with Crippen molar-refractivity contribution in [1.82, 2.24) is 10.6 Å². The van der Waals surface area contributed by atoms with Crippen LogP contribution in [0.4, 0.5) is 18.0 Å². The minimum Gasteiger partial charge on any atom is -0.459 e. The lowest BCUT2D eigenvalue weighted by atomic mass is 9.79. The van der Waals surface area contributed by atoms with Crippen LogP contribution in [0.2, 0.25) is 15.1 Å². The van der Waals surface area contributed by atoms with Crippen molar-refractivity contribution in [3.05, 3.63) is 81.0 Å². The number of Topliss-reactive ketones (excluding diaryl/α,β-unsaturated/α-hetero) is 1. The third-order valence-corrected chi connectivity index (χ3v) is 6.15. The van der Waals surface area contributed by atoms with Gasteiger partial charge in [-0.2, -0.15) is 13.2 Å². The Labute approximate surface area is 205 Å². The molecule has 3 aromatic rings. The van der Waals surface area contributed by atoms with Crippen molar-refractivity contribution >= 4 is 46.6 Å². The number of alkyl halides is 3. The minimum absolute atomic E-state index is 0.151. The second-order valence-corrected chi connectivity index (χ2v) is 8.80. The van der Waals surface area contributed by atoms with Gasteiger partial charge in [0.05, 0.1) is 5.02 Å². The van der Waals surface area contributed by atoms with Crippen LogP contribution in [-0.4, -0.2) is 28.8 Å². The second kappa shape index (κ2) is 8.81. The van der Waals surface area contributed by atoms with Crippen LogP contribution in [0.5, 0.6) is 0 Å². The van der Waals surface area contributed by atoms with Gasteiger partial charge < -0.3 is 20.2 Å². The third kappa shape index (κ3) is 4.36. The number of furan rings is 1. The van der Waals surface area contributed by atoms with Crippen molar-refractivity contribution in [3.63, 3.8) is 0 Å². The van der Waals surface area contributed by atoms with Crippen LogP contribution in [0.25, 0.3) is 11.3 Å². The average molecular weight is 534 g/mol. The van der Waals surface area contributed by atoms with Gasteiger partial charge in [0.15, 0.2) is 5.78 Å². The summed E-state index contributed by atoms with van der Waals surface area (Å²) in [5, 5.41) is 15.2. The molecule has 2 aromatic carbocycles. The minimum atomic E-state index is -5.40. The van der Waals surface area contributed by atoms with Gasteiger partial charge >= 0.3 is 12.2 Å². The Morgan fingerprint density at radius 3 is 2.26 bits per heavy atom. The van der Waals surface area contributed by atoms with E-state index in [1.54, 1.807) is 0 Å². The van der Waals surface area contributed by atoms with Gasteiger partial charge in [0.25, 0.3) is 0 Å².